The fourth-order valence-electron chi connectivity index (χ4n) is 4.28. The number of hydrogen-bond donors (Lipinski definition) is 6. The second-order valence-corrected chi connectivity index (χ2v) is 13.1. The number of oxime groups is 1. The van der Waals surface area contributed by atoms with Gasteiger partial charge >= 0.3 is 16.3 Å². The Hall–Kier alpha value is -4.69. The zero-order valence-corrected chi connectivity index (χ0v) is 26.4. The lowest BCUT2D eigenvalue weighted by molar-refractivity contribution is -0.161. The monoisotopic (exact) mass is 684 g/mol. The number of nitrogens with zero attached hydrogens (tertiary/aromatic N) is 3. The molecule has 0 spiro atoms. The number of anilines is 1. The molecule has 7 N–H and O–H groups in total. The van der Waals surface area contributed by atoms with E-state index in [9.17, 15) is 52.0 Å². The van der Waals surface area contributed by atoms with Gasteiger partial charge in [-0.3, -0.25) is 28.5 Å². The number of nitrogens with two attached hydrogens (primary N) is 1. The van der Waals surface area contributed by atoms with Crippen LogP contribution in [0.3, 0.4) is 0 Å². The normalized spacial score (nSPS) is 17.6. The number of β-lactam (4-membered cyclic amide) rings is 1. The molecule has 18 nitrogen and oxygen atoms in total. The van der Waals surface area contributed by atoms with Crippen molar-refractivity contribution in [2.75, 3.05) is 12.3 Å². The van der Waals surface area contributed by atoms with Crippen molar-refractivity contribution in [3.63, 3.8) is 0 Å². The van der Waals surface area contributed by atoms with E-state index in [2.05, 4.69) is 20.4 Å². The first kappa shape index (κ1) is 35.8. The molecule has 1 aliphatic heterocycles. The van der Waals surface area contributed by atoms with Crippen LogP contribution in [0.1, 0.15) is 51.4 Å². The average molecular weight is 685 g/mol. The molecule has 0 aliphatic carbocycles. The minimum atomic E-state index is -5.09. The minimum Gasteiger partial charge on any atom is -0.503 e. The van der Waals surface area contributed by atoms with Gasteiger partial charge in [0, 0.05) is 55.1 Å². The van der Waals surface area contributed by atoms with E-state index in [1.54, 1.807) is 0 Å². The van der Waals surface area contributed by atoms with Gasteiger partial charge in [-0.2, -0.15) is 8.42 Å². The van der Waals surface area contributed by atoms with Crippen LogP contribution in [0.25, 0.3) is 0 Å². The molecule has 3 heterocycles. The van der Waals surface area contributed by atoms with Crippen LogP contribution in [0.5, 0.6) is 5.75 Å². The molecule has 0 saturated carbocycles. The van der Waals surface area contributed by atoms with E-state index in [0.717, 1.165) is 23.6 Å². The lowest BCUT2D eigenvalue weighted by atomic mass is 9.84. The summed E-state index contributed by atoms with van der Waals surface area (Å²) in [5.41, 5.74) is 2.98. The number of carboxylic acid groups (broad SMARTS) is 1. The van der Waals surface area contributed by atoms with Crippen LogP contribution in [0.15, 0.2) is 27.6 Å². The molecule has 3 atom stereocenters. The fraction of sp³-hybridized carbons (Fsp3) is 0.462. The first-order valence-electron chi connectivity index (χ1n) is 13.6. The zero-order valence-electron chi connectivity index (χ0n) is 24.8. The molecule has 2 aromatic heterocycles. The van der Waals surface area contributed by atoms with Gasteiger partial charge in [0.05, 0.1) is 12.0 Å². The van der Waals surface area contributed by atoms with Crippen LogP contribution in [0.2, 0.25) is 0 Å². The van der Waals surface area contributed by atoms with Crippen LogP contribution in [-0.4, -0.2) is 90.7 Å². The van der Waals surface area contributed by atoms with E-state index in [-0.39, 0.29) is 40.2 Å². The predicted octanol–water partition coefficient (Wildman–Crippen LogP) is -0.364. The minimum absolute atomic E-state index is 0.0297. The van der Waals surface area contributed by atoms with Crippen LogP contribution in [-0.2, 0) is 45.5 Å². The molecule has 1 aliphatic rings. The molecular formula is C26H32N6O12S2. The van der Waals surface area contributed by atoms with Crippen LogP contribution < -0.4 is 16.5 Å². The van der Waals surface area contributed by atoms with Gasteiger partial charge in [0.2, 0.25) is 22.8 Å². The number of pyridine rings is 1. The summed E-state index contributed by atoms with van der Waals surface area (Å²) in [7, 11) is -5.09. The first-order chi connectivity index (χ1) is 21.3. The summed E-state index contributed by atoms with van der Waals surface area (Å²) in [5, 5.41) is 26.1. The summed E-state index contributed by atoms with van der Waals surface area (Å²) >= 11 is 0.934. The number of H-pyrrole nitrogens is 1. The second kappa shape index (κ2) is 14.2. The highest BCUT2D eigenvalue weighted by Gasteiger charge is 2.54. The van der Waals surface area contributed by atoms with Gasteiger partial charge in [-0.1, -0.05) is 12.1 Å². The van der Waals surface area contributed by atoms with E-state index in [0.29, 0.717) is 5.69 Å². The van der Waals surface area contributed by atoms with Crippen molar-refractivity contribution in [1.29, 1.82) is 0 Å². The van der Waals surface area contributed by atoms with Crippen LogP contribution >= 0.6 is 11.3 Å². The third-order valence-electron chi connectivity index (χ3n) is 6.95. The number of ketones is 2. The number of nitrogens with one attached hydrogen (secondary N) is 2. The maximum Gasteiger partial charge on any atom is 0.362 e. The van der Waals surface area contributed by atoms with Crippen molar-refractivity contribution in [3.8, 4) is 5.75 Å². The van der Waals surface area contributed by atoms with Crippen LogP contribution in [0, 0.1) is 11.8 Å². The number of aryl methyl sites for hydroxylation is 1. The quantitative estimate of drug-likeness (QED) is 0.0570. The van der Waals surface area contributed by atoms with Crippen molar-refractivity contribution in [2.24, 2.45) is 17.0 Å². The zero-order chi connectivity index (χ0) is 34.6. The van der Waals surface area contributed by atoms with Gasteiger partial charge < -0.3 is 31.1 Å². The number of carboxylic acids is 1. The summed E-state index contributed by atoms with van der Waals surface area (Å²) in [6, 6.07) is -0.256. The standard InChI is InChI=1S/C26H32N6O12S2/c1-12(6-14(33)5-4-13-7-18(34)20(36)10-28-13)22(37)29-9-17-15(23(38)32(17)46(41,42)43)8-19(35)21(16-11-45-25(27)30-16)31-44-26(2,3)24(39)40/h7,10-12,15,17,36H,4-6,8-9H2,1-3H3,(H2,27,30)(H,28,34)(H,29,37)(H,39,40)(H,41,42,43)/b31-21-/t12-,15+,17-/m1/s1. The van der Waals surface area contributed by atoms with E-state index in [1.807, 2.05) is 0 Å². The van der Waals surface area contributed by atoms with Gasteiger partial charge in [-0.15, -0.1) is 11.3 Å². The Morgan fingerprint density at radius 1 is 1.28 bits per heavy atom. The third-order valence-corrected chi connectivity index (χ3v) is 8.58. The van der Waals surface area contributed by atoms with Crippen molar-refractivity contribution in [1.82, 2.24) is 19.6 Å². The lowest BCUT2D eigenvalue weighted by Gasteiger charge is -2.44. The number of amides is 2. The van der Waals surface area contributed by atoms with Gasteiger partial charge in [0.15, 0.2) is 22.4 Å². The van der Waals surface area contributed by atoms with Gasteiger partial charge in [0.1, 0.15) is 11.5 Å². The van der Waals surface area contributed by atoms with E-state index < -0.39 is 87.2 Å². The number of nitrogen functional groups attached to an aromatic ring is 1. The molecule has 2 amide bonds. The van der Waals surface area contributed by atoms with E-state index >= 15 is 0 Å². The molecule has 20 heteroatoms. The molecule has 46 heavy (non-hydrogen) atoms. The van der Waals surface area contributed by atoms with Crippen molar-refractivity contribution < 1.29 is 52.0 Å². The summed E-state index contributed by atoms with van der Waals surface area (Å²) in [6.45, 7) is 3.25. The number of rotatable bonds is 16. The highest BCUT2D eigenvalue weighted by atomic mass is 32.2. The Bertz CT molecular complexity index is 1730. The molecule has 0 radical (unpaired) electrons. The molecule has 1 saturated heterocycles. The maximum absolute atomic E-state index is 13.3. The molecule has 2 aromatic rings. The molecule has 0 bridgehead atoms. The van der Waals surface area contributed by atoms with Crippen LogP contribution in [0.4, 0.5) is 5.13 Å². The number of aliphatic carboxylic acids is 1. The summed E-state index contributed by atoms with van der Waals surface area (Å²) in [6.07, 6.45) is 0.301. The smallest absolute Gasteiger partial charge is 0.362 e. The largest absolute Gasteiger partial charge is 0.503 e. The number of carbonyl (C=O) groups is 5. The highest BCUT2D eigenvalue weighted by Crippen LogP contribution is 2.32. The Balaban J connectivity index is 1.68. The number of aromatic hydroxyl groups is 1. The van der Waals surface area contributed by atoms with Crippen molar-refractivity contribution >= 4 is 61.8 Å². The first-order valence-corrected chi connectivity index (χ1v) is 15.8. The van der Waals surface area contributed by atoms with Gasteiger partial charge in [-0.25, -0.2) is 14.1 Å². The molecule has 1 fully saturated rings. The highest BCUT2D eigenvalue weighted by molar-refractivity contribution is 7.84. The van der Waals surface area contributed by atoms with Gasteiger partial charge in [0.25, 0.3) is 0 Å². The number of hydrogen-bond acceptors (Lipinski definition) is 14. The number of aromatic amines is 1. The summed E-state index contributed by atoms with van der Waals surface area (Å²) in [4.78, 5) is 85.8. The Morgan fingerprint density at radius 2 is 1.96 bits per heavy atom. The maximum atomic E-state index is 13.3. The second-order valence-electron chi connectivity index (χ2n) is 10.9. The van der Waals surface area contributed by atoms with E-state index in [4.69, 9.17) is 10.6 Å². The summed E-state index contributed by atoms with van der Waals surface area (Å²) in [5.74, 6) is -7.20. The Labute approximate surface area is 265 Å². The topological polar surface area (TPSA) is 289 Å². The van der Waals surface area contributed by atoms with E-state index in [1.165, 1.54) is 26.2 Å². The molecule has 0 aromatic carbocycles. The van der Waals surface area contributed by atoms with Gasteiger partial charge in [-0.05, 0) is 20.3 Å². The third kappa shape index (κ3) is 8.73. The Morgan fingerprint density at radius 3 is 2.52 bits per heavy atom. The number of thiazole rings is 1. The molecule has 0 unspecified atom stereocenters. The Kier molecular flexibility index (Phi) is 11.0. The lowest BCUT2D eigenvalue weighted by Crippen LogP contribution is -2.66. The molecule has 250 valence electrons. The van der Waals surface area contributed by atoms with Crippen molar-refractivity contribution in [3.05, 3.63) is 39.3 Å². The van der Waals surface area contributed by atoms with Crippen molar-refractivity contribution in [2.45, 2.75) is 58.1 Å². The molecule has 3 rings (SSSR count). The molecular weight excluding hydrogens is 652 g/mol. The summed E-state index contributed by atoms with van der Waals surface area (Å²) < 4.78 is 33.5. The number of Topliss-reactive ketones (excluding diaryl/α,β-unsaturated/α-hetero) is 2. The number of aromatic nitrogens is 2. The average Bonchev–Trinajstić information content (AvgIpc) is 3.38. The number of carbonyl (C=O) groups excluding carboxylic acids is 4. The SMILES string of the molecule is C[C@H](CC(=O)CCc1cc(=O)c(O)c[nH]1)C(=O)NC[C@@H]1[C@H](CC(=O)/C(=N\OC(C)(C)C(=O)O)c2csc(N)n2)C(=O)N1S(=O)(=O)O. The fourth-order valence-corrected chi connectivity index (χ4v) is 5.75. The predicted molar refractivity (Wildman–Crippen MR) is 160 cm³/mol.